The van der Waals surface area contributed by atoms with E-state index in [1.165, 1.54) is 4.90 Å². The third-order valence-corrected chi connectivity index (χ3v) is 7.35. The first-order chi connectivity index (χ1) is 19.3. The fourth-order valence-corrected chi connectivity index (χ4v) is 5.49. The smallest absolute Gasteiger partial charge is 0.407 e. The lowest BCUT2D eigenvalue weighted by Gasteiger charge is -2.32. The molecule has 8 nitrogen and oxygen atoms in total. The van der Waals surface area contributed by atoms with Crippen molar-refractivity contribution in [2.75, 3.05) is 26.7 Å². The standard InChI is InChI=1S/C32H37N3O5/c1-4-35(22(2)18-30(36)37)31(38)29(20-34(3)19-23-12-6-5-7-13-23)33-32(39)40-21-28-26-16-10-8-14-24(26)25-15-9-11-17-27(25)28/h5-17,22,28-29H,4,18-21H2,1-3H3,(H,33,39)(H,36,37). The normalized spacial score (nSPS) is 13.7. The van der Waals surface area contributed by atoms with Gasteiger partial charge in [0.15, 0.2) is 0 Å². The number of alkyl carbamates (subject to hydrolysis) is 1. The number of fused-ring (bicyclic) bond motifs is 3. The van der Waals surface area contributed by atoms with E-state index in [1.54, 1.807) is 13.8 Å². The summed E-state index contributed by atoms with van der Waals surface area (Å²) in [6.45, 7) is 4.76. The Bertz CT molecular complexity index is 1280. The highest BCUT2D eigenvalue weighted by molar-refractivity contribution is 5.86. The van der Waals surface area contributed by atoms with Gasteiger partial charge in [-0.3, -0.25) is 14.5 Å². The molecule has 0 aromatic heterocycles. The minimum absolute atomic E-state index is 0.101. The summed E-state index contributed by atoms with van der Waals surface area (Å²) < 4.78 is 5.73. The molecule has 3 aromatic rings. The number of likely N-dealkylation sites (N-methyl/N-ethyl adjacent to an activating group) is 2. The topological polar surface area (TPSA) is 99.2 Å². The number of hydrogen-bond acceptors (Lipinski definition) is 5. The molecule has 0 spiro atoms. The van der Waals surface area contributed by atoms with Crippen LogP contribution in [0.3, 0.4) is 0 Å². The molecule has 0 radical (unpaired) electrons. The first-order valence-corrected chi connectivity index (χ1v) is 13.6. The van der Waals surface area contributed by atoms with Crippen LogP contribution in [0.2, 0.25) is 0 Å². The summed E-state index contributed by atoms with van der Waals surface area (Å²) in [7, 11) is 1.88. The first-order valence-electron chi connectivity index (χ1n) is 13.6. The highest BCUT2D eigenvalue weighted by atomic mass is 16.5. The number of ether oxygens (including phenoxy) is 1. The van der Waals surface area contributed by atoms with Crippen molar-refractivity contribution in [2.45, 2.75) is 44.8 Å². The predicted molar refractivity (Wildman–Crippen MR) is 154 cm³/mol. The van der Waals surface area contributed by atoms with E-state index in [2.05, 4.69) is 29.6 Å². The molecule has 4 rings (SSSR count). The number of nitrogens with zero attached hydrogens (tertiary/aromatic N) is 2. The Morgan fingerprint density at radius 1 is 0.925 bits per heavy atom. The molecule has 2 N–H and O–H groups in total. The molecular formula is C32H37N3O5. The molecule has 210 valence electrons. The van der Waals surface area contributed by atoms with Crippen LogP contribution in [-0.4, -0.2) is 71.7 Å². The maximum atomic E-state index is 13.6. The fraction of sp³-hybridized carbons (Fsp3) is 0.344. The Morgan fingerprint density at radius 3 is 2.08 bits per heavy atom. The van der Waals surface area contributed by atoms with E-state index in [-0.39, 0.29) is 31.4 Å². The molecule has 2 atom stereocenters. The summed E-state index contributed by atoms with van der Waals surface area (Å²) in [5, 5.41) is 12.1. The van der Waals surface area contributed by atoms with E-state index in [0.717, 1.165) is 27.8 Å². The van der Waals surface area contributed by atoms with Crippen molar-refractivity contribution in [3.63, 3.8) is 0 Å². The van der Waals surface area contributed by atoms with Crippen molar-refractivity contribution >= 4 is 18.0 Å². The predicted octanol–water partition coefficient (Wildman–Crippen LogP) is 4.74. The zero-order valence-corrected chi connectivity index (χ0v) is 23.2. The second-order valence-corrected chi connectivity index (χ2v) is 10.3. The van der Waals surface area contributed by atoms with Crippen molar-refractivity contribution in [1.29, 1.82) is 0 Å². The van der Waals surface area contributed by atoms with Gasteiger partial charge in [-0.25, -0.2) is 4.79 Å². The lowest BCUT2D eigenvalue weighted by atomic mass is 9.98. The van der Waals surface area contributed by atoms with Crippen LogP contribution in [0.5, 0.6) is 0 Å². The molecule has 0 aliphatic heterocycles. The molecular weight excluding hydrogens is 506 g/mol. The number of rotatable bonds is 12. The molecule has 2 amide bonds. The Morgan fingerprint density at radius 2 is 1.50 bits per heavy atom. The third kappa shape index (κ3) is 6.87. The Labute approximate surface area is 235 Å². The van der Waals surface area contributed by atoms with Crippen LogP contribution in [0.1, 0.15) is 42.9 Å². The zero-order chi connectivity index (χ0) is 28.6. The Balaban J connectivity index is 1.47. The highest BCUT2D eigenvalue weighted by Gasteiger charge is 2.32. The second kappa shape index (κ2) is 13.3. The number of hydrogen-bond donors (Lipinski definition) is 2. The van der Waals surface area contributed by atoms with Gasteiger partial charge in [-0.1, -0.05) is 78.9 Å². The molecule has 0 saturated carbocycles. The number of carboxylic acids is 1. The summed E-state index contributed by atoms with van der Waals surface area (Å²) in [6.07, 6.45) is -0.868. The summed E-state index contributed by atoms with van der Waals surface area (Å²) in [5.41, 5.74) is 5.55. The molecule has 0 bridgehead atoms. The van der Waals surface area contributed by atoms with E-state index in [1.807, 2.05) is 66.5 Å². The van der Waals surface area contributed by atoms with Gasteiger partial charge in [0.25, 0.3) is 0 Å². The van der Waals surface area contributed by atoms with E-state index in [4.69, 9.17) is 4.74 Å². The monoisotopic (exact) mass is 543 g/mol. The van der Waals surface area contributed by atoms with Gasteiger partial charge >= 0.3 is 12.1 Å². The maximum absolute atomic E-state index is 13.6. The molecule has 8 heteroatoms. The van der Waals surface area contributed by atoms with Gasteiger partial charge < -0.3 is 20.1 Å². The van der Waals surface area contributed by atoms with Gasteiger partial charge in [0.1, 0.15) is 12.6 Å². The third-order valence-electron chi connectivity index (χ3n) is 7.35. The average Bonchev–Trinajstić information content (AvgIpc) is 3.25. The van der Waals surface area contributed by atoms with Gasteiger partial charge in [-0.15, -0.1) is 0 Å². The number of carbonyl (C=O) groups is 3. The highest BCUT2D eigenvalue weighted by Crippen LogP contribution is 2.44. The van der Waals surface area contributed by atoms with Crippen LogP contribution in [0.4, 0.5) is 4.79 Å². The molecule has 40 heavy (non-hydrogen) atoms. The Hall–Kier alpha value is -4.17. The van der Waals surface area contributed by atoms with Crippen LogP contribution in [0.25, 0.3) is 11.1 Å². The molecule has 1 aliphatic carbocycles. The van der Waals surface area contributed by atoms with Crippen molar-refractivity contribution < 1.29 is 24.2 Å². The van der Waals surface area contributed by atoms with Gasteiger partial charge in [0, 0.05) is 31.6 Å². The SMILES string of the molecule is CCN(C(=O)C(CN(C)Cc1ccccc1)NC(=O)OCC1c2ccccc2-c2ccccc21)C(C)CC(=O)O. The minimum atomic E-state index is -0.985. The molecule has 1 aliphatic rings. The zero-order valence-electron chi connectivity index (χ0n) is 23.2. The van der Waals surface area contributed by atoms with Gasteiger partial charge in [-0.2, -0.15) is 0 Å². The van der Waals surface area contributed by atoms with Gasteiger partial charge in [-0.05, 0) is 48.7 Å². The van der Waals surface area contributed by atoms with Crippen LogP contribution >= 0.6 is 0 Å². The quantitative estimate of drug-likeness (QED) is 0.343. The van der Waals surface area contributed by atoms with Gasteiger partial charge in [0.05, 0.1) is 6.42 Å². The summed E-state index contributed by atoms with van der Waals surface area (Å²) >= 11 is 0. The summed E-state index contributed by atoms with van der Waals surface area (Å²) in [5.74, 6) is -1.43. The van der Waals surface area contributed by atoms with Crippen molar-refractivity contribution in [2.24, 2.45) is 0 Å². The van der Waals surface area contributed by atoms with E-state index >= 15 is 0 Å². The molecule has 3 aromatic carbocycles. The molecule has 0 heterocycles. The van der Waals surface area contributed by atoms with Crippen molar-refractivity contribution in [1.82, 2.24) is 15.1 Å². The Kier molecular flexibility index (Phi) is 9.56. The number of carbonyl (C=O) groups excluding carboxylic acids is 2. The fourth-order valence-electron chi connectivity index (χ4n) is 5.49. The average molecular weight is 544 g/mol. The lowest BCUT2D eigenvalue weighted by Crippen LogP contribution is -2.55. The first kappa shape index (κ1) is 28.8. The van der Waals surface area contributed by atoms with E-state index in [0.29, 0.717) is 13.1 Å². The number of benzene rings is 3. The van der Waals surface area contributed by atoms with Gasteiger partial charge in [0.2, 0.25) is 5.91 Å². The van der Waals surface area contributed by atoms with Crippen LogP contribution < -0.4 is 5.32 Å². The lowest BCUT2D eigenvalue weighted by molar-refractivity contribution is -0.141. The van der Waals surface area contributed by atoms with Crippen molar-refractivity contribution in [3.05, 3.63) is 95.6 Å². The molecule has 0 saturated heterocycles. The van der Waals surface area contributed by atoms with E-state index in [9.17, 15) is 19.5 Å². The van der Waals surface area contributed by atoms with Crippen molar-refractivity contribution in [3.8, 4) is 11.1 Å². The second-order valence-electron chi connectivity index (χ2n) is 10.3. The number of nitrogens with one attached hydrogen (secondary N) is 1. The molecule has 0 fully saturated rings. The largest absolute Gasteiger partial charge is 0.481 e. The summed E-state index contributed by atoms with van der Waals surface area (Å²) in [6, 6.07) is 24.6. The summed E-state index contributed by atoms with van der Waals surface area (Å²) in [4.78, 5) is 41.6. The minimum Gasteiger partial charge on any atom is -0.481 e. The van der Waals surface area contributed by atoms with Crippen LogP contribution in [0.15, 0.2) is 78.9 Å². The maximum Gasteiger partial charge on any atom is 0.407 e. The number of aliphatic carboxylic acids is 1. The number of carboxylic acid groups (broad SMARTS) is 1. The van der Waals surface area contributed by atoms with Crippen LogP contribution in [-0.2, 0) is 20.9 Å². The van der Waals surface area contributed by atoms with Crippen LogP contribution in [0, 0.1) is 0 Å². The number of amides is 2. The van der Waals surface area contributed by atoms with E-state index < -0.39 is 24.1 Å². The molecule has 2 unspecified atom stereocenters.